The van der Waals surface area contributed by atoms with Gasteiger partial charge in [0, 0.05) is 42.3 Å². The van der Waals surface area contributed by atoms with Crippen molar-refractivity contribution in [3.05, 3.63) is 114 Å². The van der Waals surface area contributed by atoms with Gasteiger partial charge in [-0.25, -0.2) is 23.1 Å². The Hall–Kier alpha value is -5.20. The fourth-order valence-corrected chi connectivity index (χ4v) is 5.43. The summed E-state index contributed by atoms with van der Waals surface area (Å²) in [5.74, 6) is -0.969. The first kappa shape index (κ1) is 28.3. The van der Waals surface area contributed by atoms with Gasteiger partial charge in [0.1, 0.15) is 4.90 Å². The molecular formula is C30H27N7O4S. The van der Waals surface area contributed by atoms with Crippen LogP contribution in [0, 0.1) is 0 Å². The molecule has 3 aromatic carbocycles. The van der Waals surface area contributed by atoms with Crippen LogP contribution in [0.4, 0.5) is 5.82 Å². The Morgan fingerprint density at radius 1 is 0.810 bits per heavy atom. The van der Waals surface area contributed by atoms with Crippen molar-refractivity contribution in [1.29, 1.82) is 0 Å². The highest BCUT2D eigenvalue weighted by Crippen LogP contribution is 2.21. The Kier molecular flexibility index (Phi) is 8.46. The average molecular weight is 582 g/mol. The van der Waals surface area contributed by atoms with Crippen molar-refractivity contribution in [3.63, 3.8) is 0 Å². The lowest BCUT2D eigenvalue weighted by Crippen LogP contribution is -2.35. The Labute approximate surface area is 242 Å². The van der Waals surface area contributed by atoms with Gasteiger partial charge in [-0.05, 0) is 29.8 Å². The summed E-state index contributed by atoms with van der Waals surface area (Å²) in [4.78, 5) is 38.3. The lowest BCUT2D eigenvalue weighted by Gasteiger charge is -2.11. The standard InChI is InChI=1S/C30H27N7O4S/c31-28-27(30(39)33-15-16-36-42(40,41)25-13-5-9-21-12-6-14-32-26(21)25)37-24(19-34-28)22-10-4-11-23(17-22)29(38)35-18-20-7-2-1-3-8-20/h1-14,17,19,36H,15-16,18H2,(H2,31,34)(H,33,39)(H,35,38). The van der Waals surface area contributed by atoms with Crippen LogP contribution in [0.5, 0.6) is 0 Å². The summed E-state index contributed by atoms with van der Waals surface area (Å²) in [6.45, 7) is 0.272. The zero-order chi connectivity index (χ0) is 29.5. The van der Waals surface area contributed by atoms with Gasteiger partial charge in [-0.1, -0.05) is 60.7 Å². The van der Waals surface area contributed by atoms with Gasteiger partial charge in [0.2, 0.25) is 10.0 Å². The molecule has 212 valence electrons. The van der Waals surface area contributed by atoms with E-state index in [1.165, 1.54) is 18.5 Å². The number of nitrogen functional groups attached to an aromatic ring is 1. The number of hydrogen-bond donors (Lipinski definition) is 4. The number of nitrogens with one attached hydrogen (secondary N) is 3. The summed E-state index contributed by atoms with van der Waals surface area (Å²) in [5.41, 5.74) is 8.47. The molecule has 12 heteroatoms. The Balaban J connectivity index is 1.22. The number of hydrogen-bond acceptors (Lipinski definition) is 8. The van der Waals surface area contributed by atoms with Crippen LogP contribution < -0.4 is 21.1 Å². The van der Waals surface area contributed by atoms with Crippen LogP contribution in [-0.2, 0) is 16.6 Å². The highest BCUT2D eigenvalue weighted by Gasteiger charge is 2.19. The highest BCUT2D eigenvalue weighted by molar-refractivity contribution is 7.89. The van der Waals surface area contributed by atoms with Gasteiger partial charge in [0.25, 0.3) is 11.8 Å². The van der Waals surface area contributed by atoms with Gasteiger partial charge in [-0.15, -0.1) is 0 Å². The van der Waals surface area contributed by atoms with Crippen molar-refractivity contribution in [2.24, 2.45) is 0 Å². The first-order valence-corrected chi connectivity index (χ1v) is 14.5. The van der Waals surface area contributed by atoms with Gasteiger partial charge >= 0.3 is 0 Å². The third-order valence-corrected chi connectivity index (χ3v) is 7.81. The molecule has 5 aromatic rings. The van der Waals surface area contributed by atoms with Gasteiger partial charge in [0.05, 0.1) is 17.4 Å². The van der Waals surface area contributed by atoms with Crippen molar-refractivity contribution in [2.45, 2.75) is 11.4 Å². The molecule has 5 rings (SSSR count). The molecule has 0 radical (unpaired) electrons. The predicted octanol–water partition coefficient (Wildman–Crippen LogP) is 2.91. The molecule has 2 aromatic heterocycles. The SMILES string of the molecule is Nc1ncc(-c2cccc(C(=O)NCc3ccccc3)c2)nc1C(=O)NCCNS(=O)(=O)c1cccc2cccnc12. The van der Waals surface area contributed by atoms with E-state index in [0.717, 1.165) is 5.56 Å². The zero-order valence-corrected chi connectivity index (χ0v) is 23.1. The number of carbonyl (C=O) groups is 2. The second kappa shape index (κ2) is 12.5. The van der Waals surface area contributed by atoms with Gasteiger partial charge in [-0.3, -0.25) is 14.6 Å². The Morgan fingerprint density at radius 2 is 1.60 bits per heavy atom. The third-order valence-electron chi connectivity index (χ3n) is 6.32. The summed E-state index contributed by atoms with van der Waals surface area (Å²) in [7, 11) is -3.88. The number of sulfonamides is 1. The molecule has 0 fully saturated rings. The van der Waals surface area contributed by atoms with Crippen LogP contribution in [0.15, 0.2) is 102 Å². The molecule has 42 heavy (non-hydrogen) atoms. The number of nitrogens with two attached hydrogens (primary N) is 1. The number of anilines is 1. The van der Waals surface area contributed by atoms with E-state index in [9.17, 15) is 18.0 Å². The molecule has 2 heterocycles. The van der Waals surface area contributed by atoms with E-state index in [-0.39, 0.29) is 35.4 Å². The maximum Gasteiger partial charge on any atom is 0.273 e. The van der Waals surface area contributed by atoms with Crippen LogP contribution in [-0.4, -0.2) is 48.3 Å². The van der Waals surface area contributed by atoms with E-state index in [1.54, 1.807) is 48.5 Å². The molecule has 0 unspecified atom stereocenters. The molecule has 0 aliphatic rings. The number of fused-ring (bicyclic) bond motifs is 1. The minimum absolute atomic E-state index is 0.0291. The number of benzene rings is 3. The van der Waals surface area contributed by atoms with Crippen LogP contribution in [0.1, 0.15) is 26.4 Å². The third kappa shape index (κ3) is 6.57. The number of carbonyl (C=O) groups excluding carboxylic acids is 2. The zero-order valence-electron chi connectivity index (χ0n) is 22.3. The van der Waals surface area contributed by atoms with E-state index in [0.29, 0.717) is 34.3 Å². The number of pyridine rings is 1. The number of amides is 2. The molecule has 2 amide bonds. The second-order valence-electron chi connectivity index (χ2n) is 9.22. The van der Waals surface area contributed by atoms with Crippen molar-refractivity contribution in [1.82, 2.24) is 30.3 Å². The second-order valence-corrected chi connectivity index (χ2v) is 11.0. The van der Waals surface area contributed by atoms with Crippen molar-refractivity contribution in [2.75, 3.05) is 18.8 Å². The Morgan fingerprint density at radius 3 is 2.43 bits per heavy atom. The van der Waals surface area contributed by atoms with E-state index in [2.05, 4.69) is 30.3 Å². The van der Waals surface area contributed by atoms with Crippen LogP contribution in [0.25, 0.3) is 22.2 Å². The molecule has 11 nitrogen and oxygen atoms in total. The maximum atomic E-state index is 12.9. The molecule has 0 bridgehead atoms. The van der Waals surface area contributed by atoms with Crippen molar-refractivity contribution < 1.29 is 18.0 Å². The average Bonchev–Trinajstić information content (AvgIpc) is 3.02. The minimum atomic E-state index is -3.88. The summed E-state index contributed by atoms with van der Waals surface area (Å²) in [5, 5.41) is 6.19. The van der Waals surface area contributed by atoms with Gasteiger partial charge < -0.3 is 16.4 Å². The Bertz CT molecular complexity index is 1860. The first-order chi connectivity index (χ1) is 20.3. The van der Waals surface area contributed by atoms with E-state index >= 15 is 0 Å². The summed E-state index contributed by atoms with van der Waals surface area (Å²) >= 11 is 0. The van der Waals surface area contributed by atoms with Crippen molar-refractivity contribution >= 4 is 38.6 Å². The van der Waals surface area contributed by atoms with Crippen LogP contribution >= 0.6 is 0 Å². The molecule has 5 N–H and O–H groups in total. The fourth-order valence-electron chi connectivity index (χ4n) is 4.22. The predicted molar refractivity (Wildman–Crippen MR) is 159 cm³/mol. The number of nitrogens with zero attached hydrogens (tertiary/aromatic N) is 3. The molecule has 0 aliphatic carbocycles. The minimum Gasteiger partial charge on any atom is -0.382 e. The molecule has 0 saturated heterocycles. The monoisotopic (exact) mass is 581 g/mol. The number of para-hydroxylation sites is 1. The van der Waals surface area contributed by atoms with Gasteiger partial charge in [0.15, 0.2) is 11.5 Å². The molecular weight excluding hydrogens is 554 g/mol. The summed E-state index contributed by atoms with van der Waals surface area (Å²) in [6, 6.07) is 24.7. The topological polar surface area (TPSA) is 169 Å². The lowest BCUT2D eigenvalue weighted by atomic mass is 10.1. The number of aromatic nitrogens is 3. The normalized spacial score (nSPS) is 11.2. The van der Waals surface area contributed by atoms with Crippen molar-refractivity contribution in [3.8, 4) is 11.3 Å². The smallest absolute Gasteiger partial charge is 0.273 e. The van der Waals surface area contributed by atoms with E-state index in [4.69, 9.17) is 5.73 Å². The van der Waals surface area contributed by atoms with Gasteiger partial charge in [-0.2, -0.15) is 0 Å². The molecule has 0 atom stereocenters. The van der Waals surface area contributed by atoms with E-state index in [1.807, 2.05) is 30.3 Å². The highest BCUT2D eigenvalue weighted by atomic mass is 32.2. The number of rotatable bonds is 10. The van der Waals surface area contributed by atoms with Crippen LogP contribution in [0.2, 0.25) is 0 Å². The quantitative estimate of drug-likeness (QED) is 0.183. The molecule has 0 saturated carbocycles. The lowest BCUT2D eigenvalue weighted by molar-refractivity contribution is 0.0942. The fraction of sp³-hybridized carbons (Fsp3) is 0.100. The first-order valence-electron chi connectivity index (χ1n) is 13.0. The van der Waals surface area contributed by atoms with E-state index < -0.39 is 15.9 Å². The summed E-state index contributed by atoms with van der Waals surface area (Å²) in [6.07, 6.45) is 2.94. The molecule has 0 aliphatic heterocycles. The molecule has 0 spiro atoms. The maximum absolute atomic E-state index is 12.9. The largest absolute Gasteiger partial charge is 0.382 e. The van der Waals surface area contributed by atoms with Crippen LogP contribution in [0.3, 0.4) is 0 Å². The summed E-state index contributed by atoms with van der Waals surface area (Å²) < 4.78 is 28.2.